The molecule has 0 unspecified atom stereocenters. The van der Waals surface area contributed by atoms with Gasteiger partial charge < -0.3 is 17.2 Å². The first kappa shape index (κ1) is 9.88. The van der Waals surface area contributed by atoms with Crippen LogP contribution in [0.1, 0.15) is 20.3 Å². The summed E-state index contributed by atoms with van der Waals surface area (Å²) in [6, 6.07) is 0. The lowest BCUT2D eigenvalue weighted by Crippen LogP contribution is -2.07. The minimum Gasteiger partial charge on any atom is -0.402 e. The van der Waals surface area contributed by atoms with E-state index in [-0.39, 0.29) is 5.82 Å². The zero-order chi connectivity index (χ0) is 8.85. The van der Waals surface area contributed by atoms with Crippen LogP contribution in [0.3, 0.4) is 0 Å². The molecule has 64 valence electrons. The maximum absolute atomic E-state index is 5.63. The fourth-order valence-corrected chi connectivity index (χ4v) is 0.743. The minimum atomic E-state index is 0.289. The molecule has 0 aromatic rings. The van der Waals surface area contributed by atoms with Crippen molar-refractivity contribution < 1.29 is 0 Å². The molecule has 0 fully saturated rings. The molecule has 0 aromatic heterocycles. The second kappa shape index (κ2) is 4.66. The summed E-state index contributed by atoms with van der Waals surface area (Å²) in [6.45, 7) is 4.21. The van der Waals surface area contributed by atoms with Gasteiger partial charge in [-0.15, -0.1) is 0 Å². The molecule has 3 heteroatoms. The van der Waals surface area contributed by atoms with E-state index in [9.17, 15) is 0 Å². The molecule has 0 saturated heterocycles. The summed E-state index contributed by atoms with van der Waals surface area (Å²) in [7, 11) is 0. The van der Waals surface area contributed by atoms with E-state index in [1.807, 2.05) is 0 Å². The maximum Gasteiger partial charge on any atom is 0.0934 e. The number of hydrogen-bond donors (Lipinski definition) is 3. The molecule has 0 radical (unpaired) electrons. The van der Waals surface area contributed by atoms with Crippen LogP contribution in [0.2, 0.25) is 0 Å². The Bertz CT molecular complexity index is 164. The third-order valence-electron chi connectivity index (χ3n) is 1.13. The molecule has 0 spiro atoms. The van der Waals surface area contributed by atoms with Gasteiger partial charge in [0.2, 0.25) is 0 Å². The van der Waals surface area contributed by atoms with E-state index in [0.29, 0.717) is 5.92 Å². The first-order chi connectivity index (χ1) is 5.02. The van der Waals surface area contributed by atoms with E-state index in [1.165, 1.54) is 0 Å². The van der Waals surface area contributed by atoms with Crippen molar-refractivity contribution in [2.24, 2.45) is 23.1 Å². The molecule has 0 aliphatic carbocycles. The van der Waals surface area contributed by atoms with Crippen LogP contribution < -0.4 is 17.2 Å². The highest BCUT2D eigenvalue weighted by molar-refractivity contribution is 5.12. The van der Waals surface area contributed by atoms with Crippen molar-refractivity contribution in [3.05, 3.63) is 23.7 Å². The van der Waals surface area contributed by atoms with Gasteiger partial charge in [-0.2, -0.15) is 0 Å². The van der Waals surface area contributed by atoms with Gasteiger partial charge >= 0.3 is 0 Å². The molecule has 0 rings (SSSR count). The van der Waals surface area contributed by atoms with Gasteiger partial charge in [0.25, 0.3) is 0 Å². The van der Waals surface area contributed by atoms with Crippen molar-refractivity contribution in [3.63, 3.8) is 0 Å². The van der Waals surface area contributed by atoms with Crippen molar-refractivity contribution in [1.82, 2.24) is 0 Å². The molecule has 11 heavy (non-hydrogen) atoms. The van der Waals surface area contributed by atoms with Crippen molar-refractivity contribution >= 4 is 0 Å². The summed E-state index contributed by atoms with van der Waals surface area (Å²) in [4.78, 5) is 0. The van der Waals surface area contributed by atoms with Crippen LogP contribution in [0.4, 0.5) is 0 Å². The summed E-state index contributed by atoms with van der Waals surface area (Å²) in [5, 5.41) is 0. The summed E-state index contributed by atoms with van der Waals surface area (Å²) >= 11 is 0. The first-order valence-electron chi connectivity index (χ1n) is 3.69. The van der Waals surface area contributed by atoms with E-state index < -0.39 is 0 Å². The SMILES string of the molecule is CC(C)C/C(N)=C/C=C(N)N. The number of allylic oxidation sites excluding steroid dienone is 3. The highest BCUT2D eigenvalue weighted by atomic mass is 14.8. The molecule has 6 N–H and O–H groups in total. The van der Waals surface area contributed by atoms with Crippen LogP contribution >= 0.6 is 0 Å². The van der Waals surface area contributed by atoms with Gasteiger partial charge in [-0.05, 0) is 24.5 Å². The second-order valence-corrected chi connectivity index (χ2v) is 3.01. The lowest BCUT2D eigenvalue weighted by molar-refractivity contribution is 0.638. The van der Waals surface area contributed by atoms with Crippen LogP contribution in [0.25, 0.3) is 0 Å². The van der Waals surface area contributed by atoms with E-state index in [4.69, 9.17) is 17.2 Å². The van der Waals surface area contributed by atoms with Crippen molar-refractivity contribution in [1.29, 1.82) is 0 Å². The van der Waals surface area contributed by atoms with E-state index in [0.717, 1.165) is 12.1 Å². The van der Waals surface area contributed by atoms with Gasteiger partial charge in [-0.1, -0.05) is 13.8 Å². The quantitative estimate of drug-likeness (QED) is 0.523. The molecular weight excluding hydrogens is 138 g/mol. The van der Waals surface area contributed by atoms with Gasteiger partial charge in [-0.25, -0.2) is 0 Å². The molecule has 0 aliphatic heterocycles. The predicted octanol–water partition coefficient (Wildman–Crippen LogP) is 0.634. The van der Waals surface area contributed by atoms with Gasteiger partial charge in [0.15, 0.2) is 0 Å². The van der Waals surface area contributed by atoms with Gasteiger partial charge in [0, 0.05) is 5.70 Å². The lowest BCUT2D eigenvalue weighted by Gasteiger charge is -2.02. The molecule has 0 atom stereocenters. The van der Waals surface area contributed by atoms with Crippen LogP contribution in [-0.4, -0.2) is 0 Å². The molecule has 3 nitrogen and oxygen atoms in total. The highest BCUT2D eigenvalue weighted by Gasteiger charge is 1.94. The minimum absolute atomic E-state index is 0.289. The molecule has 0 saturated carbocycles. The van der Waals surface area contributed by atoms with E-state index in [1.54, 1.807) is 12.2 Å². The normalized spacial score (nSPS) is 11.7. The Hall–Kier alpha value is -1.12. The second-order valence-electron chi connectivity index (χ2n) is 3.01. The lowest BCUT2D eigenvalue weighted by atomic mass is 10.1. The molecule has 0 amide bonds. The predicted molar refractivity (Wildman–Crippen MR) is 48.2 cm³/mol. The van der Waals surface area contributed by atoms with Gasteiger partial charge in [-0.3, -0.25) is 0 Å². The fourth-order valence-electron chi connectivity index (χ4n) is 0.743. The molecule has 0 aromatic carbocycles. The average molecular weight is 155 g/mol. The Labute approximate surface area is 67.9 Å². The van der Waals surface area contributed by atoms with Gasteiger partial charge in [0.05, 0.1) is 5.82 Å². The zero-order valence-electron chi connectivity index (χ0n) is 7.17. The summed E-state index contributed by atoms with van der Waals surface area (Å²) in [5.41, 5.74) is 16.9. The summed E-state index contributed by atoms with van der Waals surface area (Å²) in [5.74, 6) is 0.857. The van der Waals surface area contributed by atoms with Crippen molar-refractivity contribution in [2.45, 2.75) is 20.3 Å². The van der Waals surface area contributed by atoms with Crippen LogP contribution in [0.5, 0.6) is 0 Å². The van der Waals surface area contributed by atoms with Crippen LogP contribution in [0.15, 0.2) is 23.7 Å². The van der Waals surface area contributed by atoms with Gasteiger partial charge in [0.1, 0.15) is 0 Å². The Balaban J connectivity index is 3.91. The Kier molecular flexibility index (Phi) is 4.18. The number of nitrogens with two attached hydrogens (primary N) is 3. The number of hydrogen-bond acceptors (Lipinski definition) is 3. The zero-order valence-corrected chi connectivity index (χ0v) is 7.17. The highest BCUT2D eigenvalue weighted by Crippen LogP contribution is 2.04. The Morgan fingerprint density at radius 1 is 1.18 bits per heavy atom. The maximum atomic E-state index is 5.63. The molecule has 0 heterocycles. The number of rotatable bonds is 3. The Morgan fingerprint density at radius 3 is 2.09 bits per heavy atom. The molecule has 0 bridgehead atoms. The average Bonchev–Trinajstić information content (AvgIpc) is 1.82. The molecule has 0 aliphatic rings. The van der Waals surface area contributed by atoms with Crippen LogP contribution in [0, 0.1) is 5.92 Å². The van der Waals surface area contributed by atoms with E-state index >= 15 is 0 Å². The molecular formula is C8H17N3. The standard InChI is InChI=1S/C8H17N3/c1-6(2)5-7(9)3-4-8(10)11/h3-4,6H,5,9-11H2,1-2H3/b7-3-. The smallest absolute Gasteiger partial charge is 0.0934 e. The first-order valence-corrected chi connectivity index (χ1v) is 3.69. The van der Waals surface area contributed by atoms with E-state index in [2.05, 4.69) is 13.8 Å². The summed E-state index contributed by atoms with van der Waals surface area (Å²) < 4.78 is 0. The Morgan fingerprint density at radius 2 is 1.73 bits per heavy atom. The van der Waals surface area contributed by atoms with Crippen LogP contribution in [-0.2, 0) is 0 Å². The van der Waals surface area contributed by atoms with Crippen molar-refractivity contribution in [3.8, 4) is 0 Å². The summed E-state index contributed by atoms with van der Waals surface area (Å²) in [6.07, 6.45) is 4.23. The topological polar surface area (TPSA) is 78.1 Å². The largest absolute Gasteiger partial charge is 0.402 e. The fraction of sp³-hybridized carbons (Fsp3) is 0.500. The third kappa shape index (κ3) is 6.77. The van der Waals surface area contributed by atoms with Crippen molar-refractivity contribution in [2.75, 3.05) is 0 Å². The monoisotopic (exact) mass is 155 g/mol. The third-order valence-corrected chi connectivity index (χ3v) is 1.13.